The number of furan rings is 1. The minimum Gasteiger partial charge on any atom is -0.497 e. The van der Waals surface area contributed by atoms with E-state index in [-0.39, 0.29) is 106 Å². The number of hydrogen-bond acceptors (Lipinski definition) is 28. The number of ether oxygens (including phenoxy) is 13. The largest absolute Gasteiger partial charge is 0.586 e. The summed E-state index contributed by atoms with van der Waals surface area (Å²) < 4.78 is 196. The highest BCUT2D eigenvalue weighted by Crippen LogP contribution is 2.51. The van der Waals surface area contributed by atoms with Crippen LogP contribution in [0.3, 0.4) is 0 Å². The number of rotatable bonds is 14. The lowest BCUT2D eigenvalue weighted by molar-refractivity contribution is -0.287. The number of imidazole rings is 2. The zero-order valence-electron chi connectivity index (χ0n) is 70.3. The van der Waals surface area contributed by atoms with Crippen molar-refractivity contribution in [3.63, 3.8) is 0 Å². The normalized spacial score (nSPS) is 15.7. The van der Waals surface area contributed by atoms with Gasteiger partial charge < -0.3 is 91.9 Å². The number of carbonyl (C=O) groups excluding carboxylic acids is 5. The van der Waals surface area contributed by atoms with E-state index in [9.17, 15) is 67.9 Å². The third-order valence-electron chi connectivity index (χ3n) is 20.7. The molecule has 9 aromatic carbocycles. The molecule has 0 saturated carbocycles. The summed E-state index contributed by atoms with van der Waals surface area (Å²) in [5.41, 5.74) is 10.4. The van der Waals surface area contributed by atoms with Gasteiger partial charge in [-0.25, -0.2) is 29.9 Å². The number of aromatic nitrogens is 6. The molecule has 9 aliphatic rings. The van der Waals surface area contributed by atoms with Gasteiger partial charge in [-0.3, -0.25) is 44.6 Å². The second-order valence-corrected chi connectivity index (χ2v) is 31.1. The van der Waals surface area contributed by atoms with Gasteiger partial charge in [0.2, 0.25) is 17.8 Å². The van der Waals surface area contributed by atoms with Crippen molar-refractivity contribution in [2.24, 2.45) is 20.0 Å². The molecule has 7 N–H and O–H groups in total. The van der Waals surface area contributed by atoms with Crippen molar-refractivity contribution in [3.05, 3.63) is 262 Å². The summed E-state index contributed by atoms with van der Waals surface area (Å²) in [5, 5.41) is 16.2. The van der Waals surface area contributed by atoms with Gasteiger partial charge in [-0.1, -0.05) is 42.5 Å². The average Bonchev–Trinajstić information content (AvgIpc) is 1.64. The molecule has 34 nitrogen and oxygen atoms in total. The van der Waals surface area contributed by atoms with Crippen LogP contribution in [0.4, 0.5) is 72.9 Å². The van der Waals surface area contributed by atoms with E-state index >= 15 is 0 Å². The third kappa shape index (κ3) is 20.0. The summed E-state index contributed by atoms with van der Waals surface area (Å²) in [4.78, 5) is 102. The molecule has 45 heteroatoms. The van der Waals surface area contributed by atoms with Crippen LogP contribution >= 0.6 is 11.3 Å². The van der Waals surface area contributed by atoms with Gasteiger partial charge in [0, 0.05) is 125 Å². The van der Waals surface area contributed by atoms with Crippen molar-refractivity contribution >= 4 is 115 Å². The van der Waals surface area contributed by atoms with Crippen molar-refractivity contribution < 1.29 is 134 Å². The molecule has 0 radical (unpaired) electrons. The number of pyridine rings is 1. The fourth-order valence-electron chi connectivity index (χ4n) is 14.7. The first kappa shape index (κ1) is 88.7. The highest BCUT2D eigenvalue weighted by Gasteiger charge is 2.49. The van der Waals surface area contributed by atoms with Gasteiger partial charge in [0.1, 0.15) is 45.5 Å². The van der Waals surface area contributed by atoms with E-state index in [0.29, 0.717) is 144 Å². The fraction of sp³-hybridized carbons (Fsp3) is 0.141. The number of nitrogens with one attached hydrogen (secondary N) is 7. The number of allylic oxidation sites excluding steroid dienone is 1. The van der Waals surface area contributed by atoms with E-state index in [4.69, 9.17) is 18.6 Å². The molecule has 5 amide bonds. The minimum atomic E-state index is -3.70. The first-order chi connectivity index (χ1) is 65.7. The molecule has 137 heavy (non-hydrogen) atoms. The molecule has 0 aliphatic carbocycles. The van der Waals surface area contributed by atoms with E-state index in [2.05, 4.69) is 124 Å². The van der Waals surface area contributed by atoms with Gasteiger partial charge in [-0.15, -0.1) is 55.2 Å². The second kappa shape index (κ2) is 35.5. The fourth-order valence-corrected chi connectivity index (χ4v) is 15.3. The Kier molecular flexibility index (Phi) is 23.0. The lowest BCUT2D eigenvalue weighted by Crippen LogP contribution is -2.31. The Hall–Kier alpha value is -17.6. The summed E-state index contributed by atoms with van der Waals surface area (Å²) >= 11 is 1.48. The molecular weight excluding hydrogens is 1840 g/mol. The van der Waals surface area contributed by atoms with Gasteiger partial charge in [-0.2, -0.15) is 0 Å². The molecule has 23 rings (SSSR count). The number of aromatic amines is 2. The van der Waals surface area contributed by atoms with Gasteiger partial charge >= 0.3 is 31.5 Å². The number of halogens is 10. The third-order valence-corrected chi connectivity index (χ3v) is 21.5. The van der Waals surface area contributed by atoms with Crippen molar-refractivity contribution in [2.75, 3.05) is 38.5 Å². The summed E-state index contributed by atoms with van der Waals surface area (Å²) in [6.07, 6.45) is -7.20. The Morgan fingerprint density at radius 3 is 1.33 bits per heavy atom. The van der Waals surface area contributed by atoms with Crippen LogP contribution < -0.4 is 88.2 Å². The number of nitrogens with zero attached hydrogens (tertiary/aromatic N) is 8. The van der Waals surface area contributed by atoms with Crippen molar-refractivity contribution in [3.8, 4) is 96.6 Å². The lowest BCUT2D eigenvalue weighted by Gasteiger charge is -2.08. The molecule has 0 atom stereocenters. The maximum atomic E-state index is 13.2. The number of amides is 5. The SMILES string of the molecule is COc1cc(OC)cc(C(=O)Nc2nc3cc4c(cc3[nH]2)OC(F)(F)O4)c1.COc1cccc(CC(=O)NC2=Nc3cc4c(cc3C2)OC(F)(F)O4)c1.O=C(NC1=Nc2cc3c(cc2C1)OC(F)(F)O3)c1cccc(C2=NCC=C2)c1.O=C(NC1=Nc2cc3c(cc2C1)OC(F)(F)O3)c1cncc(-c2ccco2)c1.O=C(Nc1nc2cc3c(cc2[nH]1)OC(F)(F)O3)c1cccc(-c2nccs2)c1. The molecule has 0 fully saturated rings. The monoisotopic (exact) mass is 1900 g/mol. The van der Waals surface area contributed by atoms with E-state index < -0.39 is 37.4 Å². The molecule has 9 aliphatic heterocycles. The van der Waals surface area contributed by atoms with Crippen LogP contribution in [0.25, 0.3) is 44.0 Å². The number of aliphatic imine (C=N–C) groups is 4. The molecule has 694 valence electrons. The number of amidine groups is 3. The van der Waals surface area contributed by atoms with E-state index in [1.807, 2.05) is 41.8 Å². The first-order valence-corrected chi connectivity index (χ1v) is 41.4. The highest BCUT2D eigenvalue weighted by molar-refractivity contribution is 7.13. The molecule has 0 saturated heterocycles. The van der Waals surface area contributed by atoms with Crippen molar-refractivity contribution in [1.29, 1.82) is 0 Å². The molecule has 0 spiro atoms. The van der Waals surface area contributed by atoms with Crippen LogP contribution in [-0.4, -0.2) is 142 Å². The zero-order valence-corrected chi connectivity index (χ0v) is 71.1. The number of hydrogen-bond donors (Lipinski definition) is 7. The molecule has 14 aromatic rings. The predicted molar refractivity (Wildman–Crippen MR) is 467 cm³/mol. The Balaban J connectivity index is 0.000000110. The van der Waals surface area contributed by atoms with Gasteiger partial charge in [-0.05, 0) is 113 Å². The van der Waals surface area contributed by atoms with Crippen LogP contribution in [0.2, 0.25) is 0 Å². The summed E-state index contributed by atoms with van der Waals surface area (Å²) in [6, 6.07) is 45.1. The number of alkyl halides is 10. The number of methoxy groups -OCH3 is 3. The van der Waals surface area contributed by atoms with Crippen molar-refractivity contribution in [2.45, 2.75) is 57.2 Å². The molecule has 14 heterocycles. The van der Waals surface area contributed by atoms with Crippen molar-refractivity contribution in [1.82, 2.24) is 45.9 Å². The lowest BCUT2D eigenvalue weighted by atomic mass is 10.1. The topological polar surface area (TPSA) is 411 Å². The van der Waals surface area contributed by atoms with Gasteiger partial charge in [0.05, 0.1) is 91.0 Å². The highest BCUT2D eigenvalue weighted by atomic mass is 32.1. The Labute approximate surface area is 765 Å². The Bertz CT molecular complexity index is 7310. The average molecular weight is 1900 g/mol. The minimum absolute atomic E-state index is 0.0343. The molecule has 0 unspecified atom stereocenters. The zero-order chi connectivity index (χ0) is 95.4. The number of fused-ring (bicyclic) bond motifs is 10. The Morgan fingerprint density at radius 2 is 0.861 bits per heavy atom. The summed E-state index contributed by atoms with van der Waals surface area (Å²) in [7, 11) is 4.51. The number of H-pyrrole nitrogens is 2. The smallest absolute Gasteiger partial charge is 0.497 e. The first-order valence-electron chi connectivity index (χ1n) is 40.5. The van der Waals surface area contributed by atoms with E-state index in [0.717, 1.165) is 27.4 Å². The van der Waals surface area contributed by atoms with Crippen LogP contribution in [0.1, 0.15) is 69.2 Å². The van der Waals surface area contributed by atoms with Gasteiger partial charge in [0.25, 0.3) is 23.6 Å². The van der Waals surface area contributed by atoms with Crippen LogP contribution in [-0.2, 0) is 30.5 Å². The van der Waals surface area contributed by atoms with Gasteiger partial charge in [0.15, 0.2) is 57.5 Å². The number of anilines is 2. The standard InChI is InChI=1S/C20H13F2N3O3.C19H11F2N3O4.C18H10F2N4O3S.C18H14F2N2O4.C17H13F2N3O5/c21-20(22)27-16-8-13-9-18(24-15(13)10-17(16)28-20)25-19(26)12-4-1-3-11(7-12)14-5-2-6-23-14;20-19(21)27-15-5-10-6-17(23-13(10)7-16(15)28-19)24-18(25)12-4-11(8-22-9-12)14-2-1-3-26-14;19-18(20)26-13-7-11-12(8-14(13)27-18)23-17(22-11)24-15(25)9-2-1-3-10(6-9)16-21-4-5-28-16;1-24-12-4-2-3-10(5-12)6-17(23)22-16-8-11-7-14-15(9-13(11)21-16)26-18(19,20)25-14;1-24-9-3-8(4-10(5-9)25-2)15(23)22-16-20-11-6-13-14(7-12(11)21-16)27-17(18,19)26-13/h1-5,7-8,10H,6,9H2,(H,24,25,26);1-5,7-9H,6H2,(H,23,24,25);1-8H,(H2,22,23,24,25);2-5,7,9H,6,8H2,1H3,(H,21,22,23);3-7H,1-2H3,(H2,20,21,22,23). The Morgan fingerprint density at radius 1 is 0.423 bits per heavy atom. The number of benzene rings is 9. The predicted octanol–water partition coefficient (Wildman–Crippen LogP) is 17.4. The molecule has 0 bridgehead atoms. The maximum Gasteiger partial charge on any atom is 0.586 e. The molecular formula is C92H61F10N15O19S. The number of thiazole rings is 1. The summed E-state index contributed by atoms with van der Waals surface area (Å²) in [6.45, 7) is 0.643. The second-order valence-electron chi connectivity index (χ2n) is 30.2. The maximum absolute atomic E-state index is 13.2. The summed E-state index contributed by atoms with van der Waals surface area (Å²) in [5.74, 6) is 1.18. The van der Waals surface area contributed by atoms with Crippen LogP contribution in [0, 0.1) is 0 Å². The molecule has 5 aromatic heterocycles. The van der Waals surface area contributed by atoms with E-state index in [1.54, 1.807) is 104 Å². The van der Waals surface area contributed by atoms with E-state index in [1.165, 1.54) is 98.7 Å². The number of carbonyl (C=O) groups is 5. The van der Waals surface area contributed by atoms with Crippen LogP contribution in [0.5, 0.6) is 74.7 Å². The van der Waals surface area contributed by atoms with Crippen LogP contribution in [0.15, 0.2) is 237 Å². The quantitative estimate of drug-likeness (QED) is 0.0497.